The number of amides is 3. The van der Waals surface area contributed by atoms with Crippen LogP contribution in [0.15, 0.2) is 28.8 Å². The molecule has 2 heterocycles. The number of aromatic nitrogens is 1. The summed E-state index contributed by atoms with van der Waals surface area (Å²) in [6.45, 7) is 3.70. The van der Waals surface area contributed by atoms with Crippen LogP contribution in [0.5, 0.6) is 0 Å². The molecule has 0 atom stereocenters. The molecule has 1 saturated heterocycles. The van der Waals surface area contributed by atoms with Crippen molar-refractivity contribution in [3.05, 3.63) is 52.4 Å². The summed E-state index contributed by atoms with van der Waals surface area (Å²) in [4.78, 5) is 36.6. The number of carbonyl (C=O) groups is 3. The zero-order chi connectivity index (χ0) is 18.0. The Kier molecular flexibility index (Phi) is 4.51. The number of urea groups is 1. The number of imide groups is 1. The van der Waals surface area contributed by atoms with Gasteiger partial charge in [-0.25, -0.2) is 9.59 Å². The van der Waals surface area contributed by atoms with E-state index in [1.807, 2.05) is 0 Å². The standard InChI is InChI=1S/C17H17N3O5/c1-10-14(11(2)25-19-10)9-24-16(22)13-5-3-4-12(6-13)8-20-15(21)7-18-17(20)23/h3-6H,7-9H2,1-2H3,(H,18,23). The predicted molar refractivity (Wildman–Crippen MR) is 85.5 cm³/mol. The van der Waals surface area contributed by atoms with Crippen molar-refractivity contribution >= 4 is 17.9 Å². The van der Waals surface area contributed by atoms with Crippen molar-refractivity contribution in [1.29, 1.82) is 0 Å². The molecule has 8 nitrogen and oxygen atoms in total. The summed E-state index contributed by atoms with van der Waals surface area (Å²) >= 11 is 0. The van der Waals surface area contributed by atoms with Crippen LogP contribution >= 0.6 is 0 Å². The van der Waals surface area contributed by atoms with Crippen molar-refractivity contribution in [3.8, 4) is 0 Å². The van der Waals surface area contributed by atoms with Crippen LogP contribution in [0.3, 0.4) is 0 Å². The fourth-order valence-corrected chi connectivity index (χ4v) is 2.52. The third kappa shape index (κ3) is 3.52. The zero-order valence-electron chi connectivity index (χ0n) is 13.9. The van der Waals surface area contributed by atoms with E-state index in [1.54, 1.807) is 38.1 Å². The van der Waals surface area contributed by atoms with E-state index in [0.717, 1.165) is 10.5 Å². The molecule has 1 aliphatic rings. The first-order chi connectivity index (χ1) is 12.0. The molecule has 1 N–H and O–H groups in total. The van der Waals surface area contributed by atoms with Crippen LogP contribution in [0, 0.1) is 13.8 Å². The number of esters is 1. The largest absolute Gasteiger partial charge is 0.457 e. The maximum atomic E-state index is 12.2. The minimum Gasteiger partial charge on any atom is -0.457 e. The summed E-state index contributed by atoms with van der Waals surface area (Å²) in [5.74, 6) is -0.187. The molecular formula is C17H17N3O5. The third-order valence-electron chi connectivity index (χ3n) is 3.97. The molecule has 0 aliphatic carbocycles. The van der Waals surface area contributed by atoms with Crippen molar-refractivity contribution in [3.63, 3.8) is 0 Å². The average molecular weight is 343 g/mol. The number of rotatable bonds is 5. The molecule has 3 rings (SSSR count). The molecule has 2 aromatic rings. The second-order valence-electron chi connectivity index (χ2n) is 5.72. The summed E-state index contributed by atoms with van der Waals surface area (Å²) in [6.07, 6.45) is 0. The fraction of sp³-hybridized carbons (Fsp3) is 0.294. The topological polar surface area (TPSA) is 102 Å². The van der Waals surface area contributed by atoms with Gasteiger partial charge in [-0.05, 0) is 31.5 Å². The van der Waals surface area contributed by atoms with Crippen LogP contribution in [0.25, 0.3) is 0 Å². The van der Waals surface area contributed by atoms with E-state index in [9.17, 15) is 14.4 Å². The quantitative estimate of drug-likeness (QED) is 0.655. The van der Waals surface area contributed by atoms with E-state index in [4.69, 9.17) is 9.26 Å². The third-order valence-corrected chi connectivity index (χ3v) is 3.97. The van der Waals surface area contributed by atoms with Crippen LogP contribution in [0.1, 0.15) is 32.9 Å². The van der Waals surface area contributed by atoms with Crippen molar-refractivity contribution in [1.82, 2.24) is 15.4 Å². The van der Waals surface area contributed by atoms with Gasteiger partial charge in [-0.15, -0.1) is 0 Å². The molecule has 25 heavy (non-hydrogen) atoms. The van der Waals surface area contributed by atoms with Crippen molar-refractivity contribution in [2.75, 3.05) is 6.54 Å². The van der Waals surface area contributed by atoms with Crippen LogP contribution < -0.4 is 5.32 Å². The van der Waals surface area contributed by atoms with Gasteiger partial charge in [-0.3, -0.25) is 9.69 Å². The minimum absolute atomic E-state index is 0.00198. The normalized spacial score (nSPS) is 13.9. The van der Waals surface area contributed by atoms with E-state index in [1.165, 1.54) is 0 Å². The molecule has 1 aromatic heterocycles. The molecular weight excluding hydrogens is 326 g/mol. The average Bonchev–Trinajstić information content (AvgIpc) is 3.09. The number of aryl methyl sites for hydroxylation is 2. The van der Waals surface area contributed by atoms with E-state index in [2.05, 4.69) is 10.5 Å². The molecule has 0 spiro atoms. The zero-order valence-corrected chi connectivity index (χ0v) is 13.9. The maximum absolute atomic E-state index is 12.2. The van der Waals surface area contributed by atoms with Crippen molar-refractivity contribution < 1.29 is 23.6 Å². The van der Waals surface area contributed by atoms with Gasteiger partial charge in [0.05, 0.1) is 29.9 Å². The van der Waals surface area contributed by atoms with Gasteiger partial charge in [0.1, 0.15) is 12.4 Å². The van der Waals surface area contributed by atoms with Gasteiger partial charge in [0.15, 0.2) is 0 Å². The maximum Gasteiger partial charge on any atom is 0.338 e. The lowest BCUT2D eigenvalue weighted by Gasteiger charge is -2.13. The molecule has 0 saturated carbocycles. The Morgan fingerprint density at radius 3 is 2.80 bits per heavy atom. The Bertz CT molecular complexity index is 807. The van der Waals surface area contributed by atoms with Gasteiger partial charge in [-0.2, -0.15) is 0 Å². The Balaban J connectivity index is 1.67. The Morgan fingerprint density at radius 2 is 2.16 bits per heavy atom. The highest BCUT2D eigenvalue weighted by Crippen LogP contribution is 2.16. The predicted octanol–water partition coefficient (Wildman–Crippen LogP) is 1.70. The summed E-state index contributed by atoms with van der Waals surface area (Å²) in [5, 5.41) is 6.27. The van der Waals surface area contributed by atoms with Gasteiger partial charge in [0, 0.05) is 0 Å². The van der Waals surface area contributed by atoms with Gasteiger partial charge in [0.25, 0.3) is 0 Å². The molecule has 3 amide bonds. The molecule has 0 bridgehead atoms. The van der Waals surface area contributed by atoms with E-state index >= 15 is 0 Å². The van der Waals surface area contributed by atoms with Gasteiger partial charge < -0.3 is 14.6 Å². The molecule has 130 valence electrons. The summed E-state index contributed by atoms with van der Waals surface area (Å²) in [5.41, 5.74) is 2.43. The monoisotopic (exact) mass is 343 g/mol. The second-order valence-corrected chi connectivity index (χ2v) is 5.72. The first-order valence-electron chi connectivity index (χ1n) is 7.71. The fourth-order valence-electron chi connectivity index (χ4n) is 2.52. The Labute approximate surface area is 143 Å². The number of hydrogen-bond donors (Lipinski definition) is 1. The molecule has 0 unspecified atom stereocenters. The molecule has 1 aliphatic heterocycles. The Morgan fingerprint density at radius 1 is 1.36 bits per heavy atom. The number of ether oxygens (including phenoxy) is 1. The number of benzene rings is 1. The lowest BCUT2D eigenvalue weighted by atomic mass is 10.1. The second kappa shape index (κ2) is 6.76. The van der Waals surface area contributed by atoms with Crippen molar-refractivity contribution in [2.45, 2.75) is 27.0 Å². The van der Waals surface area contributed by atoms with E-state index in [0.29, 0.717) is 22.6 Å². The Hall–Kier alpha value is -3.16. The molecule has 1 fully saturated rings. The summed E-state index contributed by atoms with van der Waals surface area (Å²) in [7, 11) is 0. The first-order valence-corrected chi connectivity index (χ1v) is 7.71. The van der Waals surface area contributed by atoms with Crippen LogP contribution in [-0.2, 0) is 22.7 Å². The highest BCUT2D eigenvalue weighted by Gasteiger charge is 2.28. The smallest absolute Gasteiger partial charge is 0.338 e. The number of nitrogens with zero attached hydrogens (tertiary/aromatic N) is 2. The molecule has 1 aromatic carbocycles. The highest BCUT2D eigenvalue weighted by atomic mass is 16.5. The van der Waals surface area contributed by atoms with Crippen LogP contribution in [-0.4, -0.2) is 34.5 Å². The van der Waals surface area contributed by atoms with Gasteiger partial charge in [-0.1, -0.05) is 17.3 Å². The van der Waals surface area contributed by atoms with Gasteiger partial charge >= 0.3 is 12.0 Å². The lowest BCUT2D eigenvalue weighted by Crippen LogP contribution is -2.30. The number of hydrogen-bond acceptors (Lipinski definition) is 6. The van der Waals surface area contributed by atoms with Gasteiger partial charge in [0.2, 0.25) is 5.91 Å². The first kappa shape index (κ1) is 16.7. The number of nitrogens with one attached hydrogen (secondary N) is 1. The number of carbonyl (C=O) groups excluding carboxylic acids is 3. The highest BCUT2D eigenvalue weighted by molar-refractivity contribution is 6.01. The SMILES string of the molecule is Cc1noc(C)c1COC(=O)c1cccc(CN2C(=O)CNC2=O)c1. The van der Waals surface area contributed by atoms with Crippen molar-refractivity contribution in [2.24, 2.45) is 0 Å². The van der Waals surface area contributed by atoms with E-state index < -0.39 is 12.0 Å². The van der Waals surface area contributed by atoms with E-state index in [-0.39, 0.29) is 25.6 Å². The minimum atomic E-state index is -0.501. The summed E-state index contributed by atoms with van der Waals surface area (Å²) < 4.78 is 10.3. The lowest BCUT2D eigenvalue weighted by molar-refractivity contribution is -0.125. The summed E-state index contributed by atoms with van der Waals surface area (Å²) in [6, 6.07) is 6.21. The van der Waals surface area contributed by atoms with Crippen LogP contribution in [0.4, 0.5) is 4.79 Å². The van der Waals surface area contributed by atoms with Crippen LogP contribution in [0.2, 0.25) is 0 Å². The molecule has 0 radical (unpaired) electrons. The molecule has 8 heteroatoms.